The molecular weight excluding hydrogens is 920 g/mol. The Hall–Kier alpha value is -8.80. The van der Waals surface area contributed by atoms with Gasteiger partial charge in [0.2, 0.25) is 0 Å². The van der Waals surface area contributed by atoms with Gasteiger partial charge in [0.05, 0.1) is 50.3 Å². The Morgan fingerprint density at radius 3 is 1.62 bits per heavy atom. The van der Waals surface area contributed by atoms with Crippen LogP contribution < -0.4 is 10.9 Å². The van der Waals surface area contributed by atoms with E-state index >= 15 is 0 Å². The van der Waals surface area contributed by atoms with Crippen molar-refractivity contribution in [3.63, 3.8) is 0 Å². The zero-order valence-corrected chi connectivity index (χ0v) is 41.9. The smallest absolute Gasteiger partial charge is 0.333 e. The highest BCUT2D eigenvalue weighted by atomic mass is 15.1. The van der Waals surface area contributed by atoms with E-state index in [1.807, 2.05) is 0 Å². The molecule has 2 aliphatic carbocycles. The first-order chi connectivity index (χ1) is 37.7. The van der Waals surface area contributed by atoms with Crippen LogP contribution >= 0.6 is 0 Å². The number of rotatable bonds is 2. The van der Waals surface area contributed by atoms with E-state index in [1.165, 1.54) is 215 Å². The van der Waals surface area contributed by atoms with E-state index in [-0.39, 0.29) is 12.9 Å². The summed E-state index contributed by atoms with van der Waals surface area (Å²) in [4.78, 5) is 0. The molecule has 4 aromatic heterocycles. The third-order valence-corrected chi connectivity index (χ3v) is 19.6. The summed E-state index contributed by atoms with van der Waals surface area (Å²) in [6, 6.07) is 72.0. The maximum absolute atomic E-state index is 2.83. The van der Waals surface area contributed by atoms with Gasteiger partial charge in [-0.25, -0.2) is 0 Å². The Kier molecular flexibility index (Phi) is 7.16. The van der Waals surface area contributed by atoms with Gasteiger partial charge in [-0.2, -0.15) is 0 Å². The predicted octanol–water partition coefficient (Wildman–Crippen LogP) is 15.9. The Morgan fingerprint density at radius 2 is 0.908 bits per heavy atom. The van der Waals surface area contributed by atoms with E-state index in [4.69, 9.17) is 0 Å². The molecule has 0 bridgehead atoms. The Balaban J connectivity index is 0.939. The number of hydrogen-bond donors (Lipinski definition) is 0. The minimum atomic E-state index is -0.0488. The second kappa shape index (κ2) is 13.7. The fraction of sp³-hybridized carbons (Fsp3) is 0.127. The van der Waals surface area contributed by atoms with Gasteiger partial charge in [0.1, 0.15) is 0 Å². The van der Waals surface area contributed by atoms with Crippen molar-refractivity contribution in [3.8, 4) is 55.9 Å². The monoisotopic (exact) mass is 966 g/mol. The van der Waals surface area contributed by atoms with E-state index in [9.17, 15) is 0 Å². The summed E-state index contributed by atoms with van der Waals surface area (Å²) >= 11 is 0. The molecule has 4 nitrogen and oxygen atoms in total. The van der Waals surface area contributed by atoms with Crippen LogP contribution in [0.5, 0.6) is 0 Å². The van der Waals surface area contributed by atoms with Crippen molar-refractivity contribution in [2.24, 2.45) is 0 Å². The van der Waals surface area contributed by atoms with Crippen LogP contribution in [0.2, 0.25) is 0 Å². The highest BCUT2D eigenvalue weighted by molar-refractivity contribution is 6.90. The summed E-state index contributed by atoms with van der Waals surface area (Å²) in [6.45, 7) is -0.0488. The molecule has 4 aliphatic heterocycles. The largest absolute Gasteiger partial charge is 0.374 e. The van der Waals surface area contributed by atoms with Crippen molar-refractivity contribution in [1.29, 1.82) is 0 Å². The molecule has 0 radical (unpaired) electrons. The molecule has 6 aliphatic rings. The summed E-state index contributed by atoms with van der Waals surface area (Å²) in [5.41, 5.74) is 35.4. The van der Waals surface area contributed by atoms with E-state index in [2.05, 4.69) is 200 Å². The average molecular weight is 967 g/mol. The van der Waals surface area contributed by atoms with E-state index < -0.39 is 0 Å². The van der Waals surface area contributed by atoms with Gasteiger partial charge in [0.25, 0.3) is 0 Å². The van der Waals surface area contributed by atoms with Crippen LogP contribution in [-0.4, -0.2) is 25.0 Å². The fourth-order valence-electron chi connectivity index (χ4n) is 16.6. The normalized spacial score (nSPS) is 16.1. The average Bonchev–Trinajstić information content (AvgIpc) is 3.82. The first-order valence-electron chi connectivity index (χ1n) is 28.0. The molecular formula is C71H47BN4. The van der Waals surface area contributed by atoms with Crippen LogP contribution in [0.15, 0.2) is 182 Å². The zero-order chi connectivity index (χ0) is 48.8. The molecule has 20 rings (SSSR count). The molecule has 76 heavy (non-hydrogen) atoms. The zero-order valence-electron chi connectivity index (χ0n) is 41.9. The molecule has 10 aromatic carbocycles. The standard InChI is InChI=1S/C71H47BN4/c1-3-15-41-33-43(31-29-39(41)13-1)45-35-56-51-20-10-24-54-66(51)75(69-53-23-9-19-49-47-17-5-7-27-59(47)73(65(49)53)61(37-45)63(56)69)70-55-25-11-21-52-57-36-46(44-32-30-40-14-2-4-16-42(40)34-44)38-62-64(57)72(76(67(52)55)71(54)70)58-26-12-22-50-48-18-6-8-28-60(48)74(62)68(50)58/h5-12,17-38,69H,1-4,13-16H2. The summed E-state index contributed by atoms with van der Waals surface area (Å²) < 4.78 is 10.9. The lowest BCUT2D eigenvalue weighted by atomic mass is 9.45. The topological polar surface area (TPSA) is 19.7 Å². The Bertz CT molecular complexity index is 4770. The molecule has 8 heterocycles. The molecule has 1 atom stereocenters. The van der Waals surface area contributed by atoms with Crippen LogP contribution in [0.1, 0.15) is 65.1 Å². The van der Waals surface area contributed by atoms with Gasteiger partial charge in [-0.1, -0.05) is 146 Å². The molecule has 1 unspecified atom stereocenters. The van der Waals surface area contributed by atoms with Crippen LogP contribution in [0.3, 0.4) is 0 Å². The first kappa shape index (κ1) is 39.6. The number of aromatic nitrogens is 4. The lowest BCUT2D eigenvalue weighted by molar-refractivity contribution is 0.686. The van der Waals surface area contributed by atoms with Gasteiger partial charge in [-0.3, -0.25) is 0 Å². The number of nitrogens with zero attached hydrogens (tertiary/aromatic N) is 4. The summed E-state index contributed by atoms with van der Waals surface area (Å²) in [5.74, 6) is 0. The molecule has 14 aromatic rings. The molecule has 5 heteroatoms. The van der Waals surface area contributed by atoms with Crippen molar-refractivity contribution in [3.05, 3.63) is 215 Å². The maximum atomic E-state index is 2.83. The van der Waals surface area contributed by atoms with Gasteiger partial charge in [0.15, 0.2) is 0 Å². The van der Waals surface area contributed by atoms with Crippen LogP contribution in [0.25, 0.3) is 132 Å². The van der Waals surface area contributed by atoms with Crippen LogP contribution in [0, 0.1) is 0 Å². The molecule has 0 saturated carbocycles. The van der Waals surface area contributed by atoms with Gasteiger partial charge in [-0.15, -0.1) is 0 Å². The third-order valence-electron chi connectivity index (χ3n) is 19.6. The minimum Gasteiger partial charge on any atom is -0.374 e. The fourth-order valence-corrected chi connectivity index (χ4v) is 16.6. The number of hydrogen-bond acceptors (Lipinski definition) is 0. The SMILES string of the molecule is c1ccc2c(c1)c1cccc3c1n2-c1cc(-c2ccc4c(c2)CCCC4)cc2c1B3n1c3c-2cccc3c2c1c1cccc3c1n2C1c2c-3cc(-c3ccc4c(c3)CCCC4)cc2-n2c3ccccc3c3cccc1c32. The van der Waals surface area contributed by atoms with Gasteiger partial charge in [0, 0.05) is 65.8 Å². The summed E-state index contributed by atoms with van der Waals surface area (Å²) in [7, 11) is 0. The molecule has 0 saturated heterocycles. The Labute approximate surface area is 438 Å². The van der Waals surface area contributed by atoms with Gasteiger partial charge in [-0.05, 0) is 154 Å². The van der Waals surface area contributed by atoms with E-state index in [1.54, 1.807) is 0 Å². The maximum Gasteiger partial charge on any atom is 0.333 e. The van der Waals surface area contributed by atoms with E-state index in [0.717, 1.165) is 12.8 Å². The van der Waals surface area contributed by atoms with Crippen LogP contribution in [-0.2, 0) is 25.7 Å². The van der Waals surface area contributed by atoms with Crippen molar-refractivity contribution < 1.29 is 0 Å². The molecule has 0 amide bonds. The first-order valence-corrected chi connectivity index (χ1v) is 28.0. The quantitative estimate of drug-likeness (QED) is 0.154. The summed E-state index contributed by atoms with van der Waals surface area (Å²) in [5, 5.41) is 7.92. The second-order valence-corrected chi connectivity index (χ2v) is 23.1. The van der Waals surface area contributed by atoms with Crippen molar-refractivity contribution in [2.45, 2.75) is 57.4 Å². The molecule has 0 spiro atoms. The van der Waals surface area contributed by atoms with E-state index in [0.29, 0.717) is 0 Å². The van der Waals surface area contributed by atoms with Gasteiger partial charge < -0.3 is 18.2 Å². The summed E-state index contributed by atoms with van der Waals surface area (Å²) in [6.07, 6.45) is 9.81. The minimum absolute atomic E-state index is 0.0488. The number of benzene rings is 10. The second-order valence-electron chi connectivity index (χ2n) is 23.1. The molecule has 0 fully saturated rings. The predicted molar refractivity (Wildman–Crippen MR) is 316 cm³/mol. The highest BCUT2D eigenvalue weighted by Crippen LogP contribution is 2.58. The molecule has 0 N–H and O–H groups in total. The Morgan fingerprint density at radius 1 is 0.355 bits per heavy atom. The lowest BCUT2D eigenvalue weighted by Gasteiger charge is -2.36. The number of fused-ring (bicyclic) bond motifs is 21. The van der Waals surface area contributed by atoms with Gasteiger partial charge >= 0.3 is 6.85 Å². The van der Waals surface area contributed by atoms with Crippen molar-refractivity contribution in [1.82, 2.24) is 18.2 Å². The molecule has 354 valence electrons. The van der Waals surface area contributed by atoms with Crippen molar-refractivity contribution in [2.75, 3.05) is 0 Å². The highest BCUT2D eigenvalue weighted by Gasteiger charge is 2.45. The van der Waals surface area contributed by atoms with Crippen LogP contribution in [0.4, 0.5) is 0 Å². The number of aryl methyl sites for hydroxylation is 4. The number of para-hydroxylation sites is 6. The lowest BCUT2D eigenvalue weighted by Crippen LogP contribution is -2.55. The van der Waals surface area contributed by atoms with Crippen molar-refractivity contribution >= 4 is 94.2 Å². The third kappa shape index (κ3) is 4.62.